The van der Waals surface area contributed by atoms with Crippen LogP contribution in [0.1, 0.15) is 6.42 Å². The van der Waals surface area contributed by atoms with Crippen molar-refractivity contribution in [3.63, 3.8) is 0 Å². The first-order valence-electron chi connectivity index (χ1n) is 5.47. The van der Waals surface area contributed by atoms with Crippen LogP contribution in [-0.2, 0) is 0 Å². The van der Waals surface area contributed by atoms with Gasteiger partial charge in [0.2, 0.25) is 5.60 Å². The SMILES string of the molecule is COc1ccc(OC2(C#N)C=C(Cl)C=CC2)cc1. The number of allylic oxidation sites excluding steroid dienone is 2. The van der Waals surface area contributed by atoms with Gasteiger partial charge in [0, 0.05) is 11.5 Å². The lowest BCUT2D eigenvalue weighted by Gasteiger charge is -2.25. The molecule has 0 aliphatic heterocycles. The number of nitrogens with zero attached hydrogens (tertiary/aromatic N) is 1. The van der Waals surface area contributed by atoms with Crippen molar-refractivity contribution in [2.24, 2.45) is 0 Å². The third-order valence-corrected chi connectivity index (χ3v) is 2.85. The van der Waals surface area contributed by atoms with Gasteiger partial charge < -0.3 is 9.47 Å². The highest BCUT2D eigenvalue weighted by Gasteiger charge is 2.31. The van der Waals surface area contributed by atoms with Crippen LogP contribution in [0.2, 0.25) is 0 Å². The normalized spacial score (nSPS) is 21.9. The summed E-state index contributed by atoms with van der Waals surface area (Å²) in [6.45, 7) is 0. The molecule has 1 aliphatic carbocycles. The molecule has 0 amide bonds. The molecule has 1 aliphatic rings. The van der Waals surface area contributed by atoms with Crippen molar-refractivity contribution in [3.8, 4) is 17.6 Å². The van der Waals surface area contributed by atoms with Crippen molar-refractivity contribution < 1.29 is 9.47 Å². The molecular weight excluding hydrogens is 250 g/mol. The van der Waals surface area contributed by atoms with E-state index in [1.54, 1.807) is 43.5 Å². The molecule has 1 unspecified atom stereocenters. The van der Waals surface area contributed by atoms with Gasteiger partial charge in [0.1, 0.15) is 17.6 Å². The molecule has 4 heteroatoms. The van der Waals surface area contributed by atoms with E-state index in [2.05, 4.69) is 6.07 Å². The molecule has 0 N–H and O–H groups in total. The Balaban J connectivity index is 2.21. The second-order valence-electron chi connectivity index (χ2n) is 3.91. The van der Waals surface area contributed by atoms with Crippen LogP contribution in [0, 0.1) is 11.3 Å². The van der Waals surface area contributed by atoms with E-state index in [1.807, 2.05) is 6.08 Å². The Hall–Kier alpha value is -1.92. The zero-order chi connectivity index (χ0) is 13.0. The fraction of sp³-hybridized carbons (Fsp3) is 0.214. The van der Waals surface area contributed by atoms with Gasteiger partial charge in [0.05, 0.1) is 7.11 Å². The lowest BCUT2D eigenvalue weighted by molar-refractivity contribution is 0.180. The zero-order valence-corrected chi connectivity index (χ0v) is 10.6. The highest BCUT2D eigenvalue weighted by molar-refractivity contribution is 6.31. The number of methoxy groups -OCH3 is 1. The predicted octanol–water partition coefficient (Wildman–Crippen LogP) is 3.42. The summed E-state index contributed by atoms with van der Waals surface area (Å²) in [5.41, 5.74) is -1.03. The average Bonchev–Trinajstić information content (AvgIpc) is 2.39. The number of nitriles is 1. The van der Waals surface area contributed by atoms with Gasteiger partial charge in [0.25, 0.3) is 0 Å². The Morgan fingerprint density at radius 3 is 2.50 bits per heavy atom. The van der Waals surface area contributed by atoms with Crippen LogP contribution in [0.5, 0.6) is 11.5 Å². The standard InChI is InChI=1S/C14H12ClNO2/c1-17-12-4-6-13(7-5-12)18-14(10-16)8-2-3-11(15)9-14/h2-7,9H,8H2,1H3. The molecule has 0 bridgehead atoms. The first-order chi connectivity index (χ1) is 8.67. The maximum Gasteiger partial charge on any atom is 0.218 e. The smallest absolute Gasteiger partial charge is 0.218 e. The molecule has 1 aromatic carbocycles. The largest absolute Gasteiger partial charge is 0.497 e. The van der Waals surface area contributed by atoms with E-state index in [1.165, 1.54) is 0 Å². The van der Waals surface area contributed by atoms with Crippen molar-refractivity contribution >= 4 is 11.6 Å². The molecule has 3 nitrogen and oxygen atoms in total. The Morgan fingerprint density at radius 1 is 1.28 bits per heavy atom. The molecule has 0 saturated heterocycles. The van der Waals surface area contributed by atoms with Gasteiger partial charge >= 0.3 is 0 Å². The molecule has 0 fully saturated rings. The minimum absolute atomic E-state index is 0.478. The lowest BCUT2D eigenvalue weighted by atomic mass is 9.96. The number of hydrogen-bond acceptors (Lipinski definition) is 3. The van der Waals surface area contributed by atoms with E-state index < -0.39 is 5.60 Å². The number of hydrogen-bond donors (Lipinski definition) is 0. The third-order valence-electron chi connectivity index (χ3n) is 2.62. The molecule has 0 radical (unpaired) electrons. The van der Waals surface area contributed by atoms with Gasteiger partial charge in [-0.25, -0.2) is 0 Å². The van der Waals surface area contributed by atoms with Gasteiger partial charge in [0.15, 0.2) is 0 Å². The van der Waals surface area contributed by atoms with Crippen LogP contribution in [0.25, 0.3) is 0 Å². The highest BCUT2D eigenvalue weighted by atomic mass is 35.5. The maximum atomic E-state index is 9.28. The van der Waals surface area contributed by atoms with Crippen molar-refractivity contribution in [1.29, 1.82) is 5.26 Å². The van der Waals surface area contributed by atoms with Gasteiger partial charge in [-0.05, 0) is 36.4 Å². The fourth-order valence-electron chi connectivity index (χ4n) is 1.70. The molecule has 0 heterocycles. The quantitative estimate of drug-likeness (QED) is 0.837. The number of rotatable bonds is 3. The average molecular weight is 262 g/mol. The first-order valence-corrected chi connectivity index (χ1v) is 5.84. The fourth-order valence-corrected chi connectivity index (χ4v) is 1.97. The third kappa shape index (κ3) is 2.66. The maximum absolute atomic E-state index is 9.28. The Labute approximate surface area is 111 Å². The van der Waals surface area contributed by atoms with Crippen molar-refractivity contribution in [2.75, 3.05) is 7.11 Å². The van der Waals surface area contributed by atoms with Gasteiger partial charge in [-0.3, -0.25) is 0 Å². The summed E-state index contributed by atoms with van der Waals surface area (Å²) in [6.07, 6.45) is 5.69. The zero-order valence-electron chi connectivity index (χ0n) is 9.89. The molecule has 2 rings (SSSR count). The van der Waals surface area contributed by atoms with Gasteiger partial charge in [-0.15, -0.1) is 0 Å². The summed E-state index contributed by atoms with van der Waals surface area (Å²) >= 11 is 5.92. The first kappa shape index (κ1) is 12.5. The number of halogens is 1. The van der Waals surface area contributed by atoms with E-state index in [-0.39, 0.29) is 0 Å². The molecule has 1 atom stereocenters. The van der Waals surface area contributed by atoms with Crippen LogP contribution in [-0.4, -0.2) is 12.7 Å². The van der Waals surface area contributed by atoms with E-state index in [9.17, 15) is 5.26 Å². The summed E-state index contributed by atoms with van der Waals surface area (Å²) in [7, 11) is 1.60. The summed E-state index contributed by atoms with van der Waals surface area (Å²) in [4.78, 5) is 0. The van der Waals surface area contributed by atoms with Crippen LogP contribution in [0.15, 0.2) is 47.5 Å². The van der Waals surface area contributed by atoms with Crippen LogP contribution < -0.4 is 9.47 Å². The van der Waals surface area contributed by atoms with E-state index in [0.29, 0.717) is 17.2 Å². The lowest BCUT2D eigenvalue weighted by Crippen LogP contribution is -2.32. The van der Waals surface area contributed by atoms with Crippen molar-refractivity contribution in [2.45, 2.75) is 12.0 Å². The molecule has 1 aromatic rings. The second-order valence-corrected chi connectivity index (χ2v) is 4.35. The number of ether oxygens (including phenoxy) is 2. The van der Waals surface area contributed by atoms with Gasteiger partial charge in [-0.2, -0.15) is 5.26 Å². The van der Waals surface area contributed by atoms with Crippen molar-refractivity contribution in [1.82, 2.24) is 0 Å². The van der Waals surface area contributed by atoms with E-state index in [4.69, 9.17) is 21.1 Å². The predicted molar refractivity (Wildman–Crippen MR) is 69.7 cm³/mol. The molecular formula is C14H12ClNO2. The highest BCUT2D eigenvalue weighted by Crippen LogP contribution is 2.29. The van der Waals surface area contributed by atoms with Crippen molar-refractivity contribution in [3.05, 3.63) is 47.5 Å². The molecule has 0 saturated carbocycles. The number of benzene rings is 1. The second kappa shape index (κ2) is 5.16. The van der Waals surface area contributed by atoms with Crippen LogP contribution in [0.4, 0.5) is 0 Å². The molecule has 0 aromatic heterocycles. The summed E-state index contributed by atoms with van der Waals surface area (Å²) in [5, 5.41) is 9.80. The Morgan fingerprint density at radius 2 is 1.94 bits per heavy atom. The Kier molecular flexibility index (Phi) is 3.59. The van der Waals surface area contributed by atoms with Crippen LogP contribution in [0.3, 0.4) is 0 Å². The van der Waals surface area contributed by atoms with Gasteiger partial charge in [-0.1, -0.05) is 17.7 Å². The summed E-state index contributed by atoms with van der Waals surface area (Å²) < 4.78 is 10.8. The summed E-state index contributed by atoms with van der Waals surface area (Å²) in [5.74, 6) is 1.35. The van der Waals surface area contributed by atoms with E-state index >= 15 is 0 Å². The Bertz CT molecular complexity index is 528. The summed E-state index contributed by atoms with van der Waals surface area (Å²) in [6, 6.07) is 9.25. The molecule has 0 spiro atoms. The molecule has 18 heavy (non-hydrogen) atoms. The van der Waals surface area contributed by atoms with E-state index in [0.717, 1.165) is 5.75 Å². The van der Waals surface area contributed by atoms with Crippen LogP contribution >= 0.6 is 11.6 Å². The topological polar surface area (TPSA) is 42.2 Å². The molecule has 92 valence electrons. The minimum Gasteiger partial charge on any atom is -0.497 e. The monoisotopic (exact) mass is 261 g/mol. The minimum atomic E-state index is -1.03.